The van der Waals surface area contributed by atoms with Gasteiger partial charge < -0.3 is 14.6 Å². The molecule has 0 bridgehead atoms. The van der Waals surface area contributed by atoms with Gasteiger partial charge in [0.05, 0.1) is 6.10 Å². The van der Waals surface area contributed by atoms with Crippen molar-refractivity contribution in [3.05, 3.63) is 36.0 Å². The maximum atomic E-state index is 11.7. The van der Waals surface area contributed by atoms with Gasteiger partial charge in [-0.1, -0.05) is 12.1 Å². The molecule has 0 aliphatic carbocycles. The van der Waals surface area contributed by atoms with E-state index in [2.05, 4.69) is 34.1 Å². The van der Waals surface area contributed by atoms with Crippen molar-refractivity contribution < 1.29 is 9.53 Å². The smallest absolute Gasteiger partial charge is 0.248 e. The van der Waals surface area contributed by atoms with Crippen molar-refractivity contribution in [3.8, 4) is 0 Å². The van der Waals surface area contributed by atoms with Gasteiger partial charge >= 0.3 is 0 Å². The van der Waals surface area contributed by atoms with E-state index in [0.717, 1.165) is 31.8 Å². The maximum absolute atomic E-state index is 11.7. The Bertz CT molecular complexity index is 767. The first kappa shape index (κ1) is 16.9. The first-order valence-electron chi connectivity index (χ1n) is 8.78. The Morgan fingerprint density at radius 3 is 3.04 bits per heavy atom. The largest absolute Gasteiger partial charge is 0.367 e. The molecular weight excluding hydrogens is 334 g/mol. The van der Waals surface area contributed by atoms with Gasteiger partial charge in [0.1, 0.15) is 6.61 Å². The van der Waals surface area contributed by atoms with Crippen LogP contribution in [0, 0.1) is 0 Å². The van der Waals surface area contributed by atoms with Crippen LogP contribution in [0.1, 0.15) is 12.0 Å². The van der Waals surface area contributed by atoms with Gasteiger partial charge in [0.25, 0.3) is 0 Å². The topological polar surface area (TPSA) is 48.6 Å². The zero-order valence-electron chi connectivity index (χ0n) is 14.8. The highest BCUT2D eigenvalue weighted by Gasteiger charge is 2.49. The molecular formula is C19H25N3O2S. The van der Waals surface area contributed by atoms with E-state index in [9.17, 15) is 4.79 Å². The Kier molecular flexibility index (Phi) is 4.52. The number of ether oxygens (including phenoxy) is 1. The Hall–Kier alpha value is -1.50. The van der Waals surface area contributed by atoms with Crippen molar-refractivity contribution in [2.75, 3.05) is 39.5 Å². The predicted octanol–water partition coefficient (Wildman–Crippen LogP) is 2.33. The zero-order valence-corrected chi connectivity index (χ0v) is 15.6. The van der Waals surface area contributed by atoms with E-state index in [1.54, 1.807) is 19.0 Å². The SMILES string of the molecule is CN(C)C(=O)CO[C@H]1CSC2(C1)CN(Cc1cccc3[nH]ccc13)C2. The normalized spacial score (nSPS) is 22.4. The van der Waals surface area contributed by atoms with Gasteiger partial charge in [0.2, 0.25) is 5.91 Å². The number of carbonyl (C=O) groups excluding carboxylic acids is 1. The molecule has 134 valence electrons. The molecule has 0 radical (unpaired) electrons. The summed E-state index contributed by atoms with van der Waals surface area (Å²) in [7, 11) is 3.54. The molecule has 2 aliphatic rings. The number of likely N-dealkylation sites (N-methyl/N-ethyl adjacent to an activating group) is 1. The minimum absolute atomic E-state index is 0.0424. The lowest BCUT2D eigenvalue weighted by Gasteiger charge is -2.47. The second kappa shape index (κ2) is 6.67. The standard InChI is InChI=1S/C19H25N3O2S/c1-21(2)18(23)10-24-15-8-19(25-11-15)12-22(13-19)9-14-4-3-5-17-16(14)6-7-20-17/h3-7,15,20H,8-13H2,1-2H3/t15-/m1/s1. The molecule has 0 unspecified atom stereocenters. The summed E-state index contributed by atoms with van der Waals surface area (Å²) in [5.74, 6) is 1.04. The quantitative estimate of drug-likeness (QED) is 0.890. The van der Waals surface area contributed by atoms with E-state index in [4.69, 9.17) is 4.74 Å². The van der Waals surface area contributed by atoms with Crippen molar-refractivity contribution in [2.45, 2.75) is 23.8 Å². The van der Waals surface area contributed by atoms with Crippen LogP contribution in [0.3, 0.4) is 0 Å². The zero-order chi connectivity index (χ0) is 17.4. The van der Waals surface area contributed by atoms with Crippen LogP contribution in [0.2, 0.25) is 0 Å². The van der Waals surface area contributed by atoms with Crippen LogP contribution in [-0.4, -0.2) is 71.1 Å². The number of amides is 1. The van der Waals surface area contributed by atoms with Gasteiger partial charge in [0.15, 0.2) is 0 Å². The van der Waals surface area contributed by atoms with Gasteiger partial charge in [-0.05, 0) is 24.1 Å². The number of H-pyrrole nitrogens is 1. The lowest BCUT2D eigenvalue weighted by Crippen LogP contribution is -2.58. The van der Waals surface area contributed by atoms with Crippen molar-refractivity contribution >= 4 is 28.6 Å². The molecule has 2 aromatic rings. The Balaban J connectivity index is 1.29. The molecule has 1 spiro atoms. The van der Waals surface area contributed by atoms with E-state index < -0.39 is 0 Å². The first-order valence-corrected chi connectivity index (χ1v) is 9.76. The predicted molar refractivity (Wildman–Crippen MR) is 102 cm³/mol. The number of likely N-dealkylation sites (tertiary alicyclic amines) is 1. The highest BCUT2D eigenvalue weighted by molar-refractivity contribution is 8.01. The van der Waals surface area contributed by atoms with Gasteiger partial charge in [0, 0.05) is 61.3 Å². The average molecular weight is 359 g/mol. The second-order valence-corrected chi connectivity index (χ2v) is 8.91. The number of carbonyl (C=O) groups is 1. The van der Waals surface area contributed by atoms with Crippen LogP contribution in [0.15, 0.2) is 30.5 Å². The van der Waals surface area contributed by atoms with Crippen LogP contribution < -0.4 is 0 Å². The molecule has 4 rings (SSSR count). The van der Waals surface area contributed by atoms with E-state index in [-0.39, 0.29) is 18.6 Å². The molecule has 2 saturated heterocycles. The minimum Gasteiger partial charge on any atom is -0.367 e. The fourth-order valence-corrected chi connectivity index (χ4v) is 5.46. The molecule has 3 heterocycles. The number of nitrogens with zero attached hydrogens (tertiary/aromatic N) is 2. The van der Waals surface area contributed by atoms with Crippen LogP contribution in [-0.2, 0) is 16.1 Å². The van der Waals surface area contributed by atoms with E-state index in [1.165, 1.54) is 16.5 Å². The molecule has 1 amide bonds. The van der Waals surface area contributed by atoms with Crippen LogP contribution in [0.25, 0.3) is 10.9 Å². The summed E-state index contributed by atoms with van der Waals surface area (Å²) in [5, 5.41) is 1.32. The maximum Gasteiger partial charge on any atom is 0.248 e. The molecule has 2 aliphatic heterocycles. The van der Waals surface area contributed by atoms with Crippen molar-refractivity contribution in [1.29, 1.82) is 0 Å². The third-order valence-corrected chi connectivity index (χ3v) is 6.79. The Morgan fingerprint density at radius 1 is 1.40 bits per heavy atom. The van der Waals surface area contributed by atoms with Gasteiger partial charge in [-0.15, -0.1) is 11.8 Å². The molecule has 5 nitrogen and oxygen atoms in total. The van der Waals surface area contributed by atoms with Gasteiger partial charge in [-0.25, -0.2) is 0 Å². The third kappa shape index (κ3) is 3.43. The molecule has 2 fully saturated rings. The second-order valence-electron chi connectivity index (χ2n) is 7.42. The molecule has 6 heteroatoms. The average Bonchev–Trinajstić information content (AvgIpc) is 3.19. The fourth-order valence-electron chi connectivity index (χ4n) is 3.86. The summed E-state index contributed by atoms with van der Waals surface area (Å²) in [4.78, 5) is 19.1. The van der Waals surface area contributed by atoms with Gasteiger partial charge in [-0.3, -0.25) is 9.69 Å². The van der Waals surface area contributed by atoms with Crippen molar-refractivity contribution in [3.63, 3.8) is 0 Å². The lowest BCUT2D eigenvalue weighted by atomic mass is 9.92. The van der Waals surface area contributed by atoms with Crippen LogP contribution in [0.4, 0.5) is 0 Å². The number of hydrogen-bond donors (Lipinski definition) is 1. The molecule has 1 aromatic heterocycles. The fraction of sp³-hybridized carbons (Fsp3) is 0.526. The molecule has 1 aromatic carbocycles. The van der Waals surface area contributed by atoms with E-state index >= 15 is 0 Å². The summed E-state index contributed by atoms with van der Waals surface area (Å²) in [6.45, 7) is 3.43. The molecule has 1 N–H and O–H groups in total. The molecule has 25 heavy (non-hydrogen) atoms. The summed E-state index contributed by atoms with van der Waals surface area (Å²) in [6.07, 6.45) is 3.28. The summed E-state index contributed by atoms with van der Waals surface area (Å²) in [6, 6.07) is 8.64. The van der Waals surface area contributed by atoms with Crippen molar-refractivity contribution in [1.82, 2.24) is 14.8 Å². The number of thioether (sulfide) groups is 1. The lowest BCUT2D eigenvalue weighted by molar-refractivity contribution is -0.135. The minimum atomic E-state index is 0.0424. The molecule has 0 saturated carbocycles. The van der Waals surface area contributed by atoms with E-state index in [0.29, 0.717) is 4.75 Å². The van der Waals surface area contributed by atoms with E-state index in [1.807, 2.05) is 18.0 Å². The third-order valence-electron chi connectivity index (χ3n) is 5.22. The summed E-state index contributed by atoms with van der Waals surface area (Å²) in [5.41, 5.74) is 2.60. The number of fused-ring (bicyclic) bond motifs is 1. The van der Waals surface area contributed by atoms with Crippen LogP contribution in [0.5, 0.6) is 0 Å². The van der Waals surface area contributed by atoms with Gasteiger partial charge in [-0.2, -0.15) is 0 Å². The number of aromatic nitrogens is 1. The Labute approximate surface area is 152 Å². The van der Waals surface area contributed by atoms with Crippen molar-refractivity contribution in [2.24, 2.45) is 0 Å². The number of nitrogens with one attached hydrogen (secondary N) is 1. The number of rotatable bonds is 5. The highest BCUT2D eigenvalue weighted by Crippen LogP contribution is 2.46. The summed E-state index contributed by atoms with van der Waals surface area (Å²) < 4.78 is 6.15. The summed E-state index contributed by atoms with van der Waals surface area (Å²) >= 11 is 2.02. The molecule has 1 atom stereocenters. The number of aromatic amines is 1. The number of hydrogen-bond acceptors (Lipinski definition) is 4. The number of benzene rings is 1. The highest BCUT2D eigenvalue weighted by atomic mass is 32.2. The van der Waals surface area contributed by atoms with Crippen LogP contribution >= 0.6 is 11.8 Å². The monoisotopic (exact) mass is 359 g/mol. The first-order chi connectivity index (χ1) is 12.0. The Morgan fingerprint density at radius 2 is 2.24 bits per heavy atom.